The molecule has 2 amide bonds. The molecule has 1 aliphatic rings. The number of amides is 2. The number of H-pyrrole nitrogens is 1. The Balaban J connectivity index is 1.70. The molecule has 3 aromatic rings. The number of hydrogen-bond acceptors (Lipinski definition) is 5. The highest BCUT2D eigenvalue weighted by Crippen LogP contribution is 2.37. The van der Waals surface area contributed by atoms with E-state index in [1.807, 2.05) is 45.0 Å². The number of hydrogen-bond donors (Lipinski definition) is 2. The number of carbonyl (C=O) groups excluding carboxylic acids is 2. The molecule has 2 aromatic heterocycles. The fourth-order valence-corrected chi connectivity index (χ4v) is 4.63. The third-order valence-electron chi connectivity index (χ3n) is 6.24. The van der Waals surface area contributed by atoms with E-state index >= 15 is 0 Å². The number of aromatic nitrogens is 4. The summed E-state index contributed by atoms with van der Waals surface area (Å²) in [6.07, 6.45) is 8.62. The SMILES string of the molecule is Cc1[nH]ncc1C(=O)N1CCCC(Cc2ccccc2-c2cncnc2)(C(=O)NC(C)C)C1. The molecule has 0 spiro atoms. The molecule has 1 unspecified atom stereocenters. The van der Waals surface area contributed by atoms with Gasteiger partial charge >= 0.3 is 0 Å². The van der Waals surface area contributed by atoms with Crippen LogP contribution in [0.2, 0.25) is 0 Å². The Labute approximate surface area is 193 Å². The van der Waals surface area contributed by atoms with E-state index < -0.39 is 5.41 Å². The van der Waals surface area contributed by atoms with Crippen LogP contribution in [0.1, 0.15) is 48.3 Å². The molecule has 4 rings (SSSR count). The molecule has 2 N–H and O–H groups in total. The molecule has 33 heavy (non-hydrogen) atoms. The molecule has 1 atom stereocenters. The predicted octanol–water partition coefficient (Wildman–Crippen LogP) is 3.16. The van der Waals surface area contributed by atoms with Crippen molar-refractivity contribution in [3.05, 3.63) is 66.0 Å². The summed E-state index contributed by atoms with van der Waals surface area (Å²) in [4.78, 5) is 37.0. The lowest BCUT2D eigenvalue weighted by Gasteiger charge is -2.42. The topological polar surface area (TPSA) is 104 Å². The third kappa shape index (κ3) is 4.79. The minimum absolute atomic E-state index is 0.00865. The first-order chi connectivity index (χ1) is 15.9. The van der Waals surface area contributed by atoms with Crippen molar-refractivity contribution >= 4 is 11.8 Å². The average molecular weight is 447 g/mol. The molecular weight excluding hydrogens is 416 g/mol. The number of nitrogens with zero attached hydrogens (tertiary/aromatic N) is 4. The van der Waals surface area contributed by atoms with Crippen molar-refractivity contribution in [1.82, 2.24) is 30.4 Å². The van der Waals surface area contributed by atoms with E-state index in [4.69, 9.17) is 0 Å². The van der Waals surface area contributed by atoms with E-state index in [-0.39, 0.29) is 17.9 Å². The van der Waals surface area contributed by atoms with Gasteiger partial charge in [0.1, 0.15) is 6.33 Å². The Kier molecular flexibility index (Phi) is 6.53. The molecule has 1 aliphatic heterocycles. The van der Waals surface area contributed by atoms with Crippen LogP contribution in [0.25, 0.3) is 11.1 Å². The molecule has 172 valence electrons. The zero-order valence-electron chi connectivity index (χ0n) is 19.3. The van der Waals surface area contributed by atoms with Gasteiger partial charge in [0.15, 0.2) is 0 Å². The number of aromatic amines is 1. The summed E-state index contributed by atoms with van der Waals surface area (Å²) in [5.74, 6) is -0.106. The van der Waals surface area contributed by atoms with Gasteiger partial charge in [-0.15, -0.1) is 0 Å². The van der Waals surface area contributed by atoms with E-state index in [2.05, 4.69) is 25.5 Å². The number of aryl methyl sites for hydroxylation is 1. The fourth-order valence-electron chi connectivity index (χ4n) is 4.63. The van der Waals surface area contributed by atoms with Gasteiger partial charge in [0.2, 0.25) is 5.91 Å². The van der Waals surface area contributed by atoms with Crippen molar-refractivity contribution < 1.29 is 9.59 Å². The Morgan fingerprint density at radius 1 is 1.18 bits per heavy atom. The first-order valence-corrected chi connectivity index (χ1v) is 11.3. The number of benzene rings is 1. The van der Waals surface area contributed by atoms with E-state index in [1.54, 1.807) is 23.5 Å². The number of likely N-dealkylation sites (tertiary alicyclic amines) is 1. The maximum Gasteiger partial charge on any atom is 0.257 e. The molecule has 0 aliphatic carbocycles. The van der Waals surface area contributed by atoms with Crippen LogP contribution in [0.15, 0.2) is 49.2 Å². The maximum atomic E-state index is 13.6. The summed E-state index contributed by atoms with van der Waals surface area (Å²) in [5, 5.41) is 9.95. The van der Waals surface area contributed by atoms with Gasteiger partial charge in [-0.2, -0.15) is 5.10 Å². The zero-order valence-corrected chi connectivity index (χ0v) is 19.3. The van der Waals surface area contributed by atoms with Crippen LogP contribution >= 0.6 is 0 Å². The van der Waals surface area contributed by atoms with Crippen molar-refractivity contribution in [3.8, 4) is 11.1 Å². The van der Waals surface area contributed by atoms with E-state index in [0.29, 0.717) is 31.5 Å². The lowest BCUT2D eigenvalue weighted by atomic mass is 9.73. The Morgan fingerprint density at radius 3 is 2.64 bits per heavy atom. The molecule has 0 saturated carbocycles. The van der Waals surface area contributed by atoms with Gasteiger partial charge in [0.05, 0.1) is 17.2 Å². The predicted molar refractivity (Wildman–Crippen MR) is 125 cm³/mol. The summed E-state index contributed by atoms with van der Waals surface area (Å²) in [6, 6.07) is 8.05. The molecule has 8 heteroatoms. The van der Waals surface area contributed by atoms with Crippen molar-refractivity contribution in [2.24, 2.45) is 5.41 Å². The second-order valence-corrected chi connectivity index (χ2v) is 9.11. The zero-order chi connectivity index (χ0) is 23.4. The van der Waals surface area contributed by atoms with Crippen LogP contribution in [0, 0.1) is 12.3 Å². The highest BCUT2D eigenvalue weighted by Gasteiger charge is 2.44. The molecule has 0 bridgehead atoms. The molecule has 8 nitrogen and oxygen atoms in total. The van der Waals surface area contributed by atoms with Crippen molar-refractivity contribution in [2.45, 2.75) is 46.1 Å². The number of nitrogens with one attached hydrogen (secondary N) is 2. The minimum atomic E-state index is -0.735. The van der Waals surface area contributed by atoms with E-state index in [1.165, 1.54) is 6.33 Å². The van der Waals surface area contributed by atoms with Gasteiger partial charge in [0.25, 0.3) is 5.91 Å². The molecule has 1 saturated heterocycles. The van der Waals surface area contributed by atoms with Crippen LogP contribution in [-0.2, 0) is 11.2 Å². The second kappa shape index (κ2) is 9.52. The average Bonchev–Trinajstić information content (AvgIpc) is 3.25. The van der Waals surface area contributed by atoms with Crippen molar-refractivity contribution in [1.29, 1.82) is 0 Å². The molecule has 1 aromatic carbocycles. The van der Waals surface area contributed by atoms with Gasteiger partial charge in [-0.3, -0.25) is 14.7 Å². The minimum Gasteiger partial charge on any atom is -0.353 e. The lowest BCUT2D eigenvalue weighted by Crippen LogP contribution is -2.55. The monoisotopic (exact) mass is 446 g/mol. The molecule has 3 heterocycles. The fraction of sp³-hybridized carbons (Fsp3) is 0.400. The van der Waals surface area contributed by atoms with Gasteiger partial charge in [0, 0.05) is 42.8 Å². The summed E-state index contributed by atoms with van der Waals surface area (Å²) in [7, 11) is 0. The van der Waals surface area contributed by atoms with Crippen LogP contribution < -0.4 is 5.32 Å². The number of rotatable bonds is 6. The van der Waals surface area contributed by atoms with Crippen LogP contribution in [0.3, 0.4) is 0 Å². The summed E-state index contributed by atoms with van der Waals surface area (Å²) in [6.45, 7) is 6.73. The Bertz CT molecular complexity index is 1130. The van der Waals surface area contributed by atoms with Gasteiger partial charge in [-0.25, -0.2) is 9.97 Å². The summed E-state index contributed by atoms with van der Waals surface area (Å²) < 4.78 is 0. The number of piperidine rings is 1. The molecule has 1 fully saturated rings. The van der Waals surface area contributed by atoms with Crippen molar-refractivity contribution in [2.75, 3.05) is 13.1 Å². The van der Waals surface area contributed by atoms with Crippen LogP contribution in [0.4, 0.5) is 0 Å². The summed E-state index contributed by atoms with van der Waals surface area (Å²) >= 11 is 0. The summed E-state index contributed by atoms with van der Waals surface area (Å²) in [5.41, 5.74) is 3.50. The second-order valence-electron chi connectivity index (χ2n) is 9.11. The quantitative estimate of drug-likeness (QED) is 0.605. The standard InChI is InChI=1S/C25H30N6O2/c1-17(2)29-24(33)25(9-6-10-31(15-25)23(32)22-14-28-30-18(22)3)11-19-7-4-5-8-21(19)20-12-26-16-27-13-20/h4-5,7-8,12-14,16-17H,6,9-11,15H2,1-3H3,(H,28,30)(H,29,33). The third-order valence-corrected chi connectivity index (χ3v) is 6.24. The maximum absolute atomic E-state index is 13.6. The lowest BCUT2D eigenvalue weighted by molar-refractivity contribution is -0.134. The highest BCUT2D eigenvalue weighted by molar-refractivity contribution is 5.96. The number of carbonyl (C=O) groups is 2. The first-order valence-electron chi connectivity index (χ1n) is 11.3. The smallest absolute Gasteiger partial charge is 0.257 e. The Morgan fingerprint density at radius 2 is 1.94 bits per heavy atom. The van der Waals surface area contributed by atoms with E-state index in [9.17, 15) is 9.59 Å². The molecular formula is C25H30N6O2. The highest BCUT2D eigenvalue weighted by atomic mass is 16.2. The van der Waals surface area contributed by atoms with Crippen LogP contribution in [-0.4, -0.2) is 56.0 Å². The van der Waals surface area contributed by atoms with Gasteiger partial charge in [-0.1, -0.05) is 24.3 Å². The van der Waals surface area contributed by atoms with Gasteiger partial charge < -0.3 is 10.2 Å². The Hall–Kier alpha value is -3.55. The van der Waals surface area contributed by atoms with Crippen LogP contribution in [0.5, 0.6) is 0 Å². The van der Waals surface area contributed by atoms with E-state index in [0.717, 1.165) is 28.8 Å². The van der Waals surface area contributed by atoms with Gasteiger partial charge in [-0.05, 0) is 51.2 Å². The largest absolute Gasteiger partial charge is 0.353 e. The van der Waals surface area contributed by atoms with Crippen molar-refractivity contribution in [3.63, 3.8) is 0 Å². The normalized spacial score (nSPS) is 18.4. The molecule has 0 radical (unpaired) electrons. The first kappa shape index (κ1) is 22.6.